The van der Waals surface area contributed by atoms with E-state index in [1.165, 1.54) is 99.3 Å². The maximum absolute atomic E-state index is 6.60. The highest BCUT2D eigenvalue weighted by Gasteiger charge is 2.54. The van der Waals surface area contributed by atoms with E-state index in [1.54, 1.807) is 0 Å². The molecule has 0 aromatic heterocycles. The maximum atomic E-state index is 6.60. The zero-order chi connectivity index (χ0) is 73.9. The molecule has 0 amide bonds. The van der Waals surface area contributed by atoms with Crippen molar-refractivity contribution in [3.05, 3.63) is 240 Å². The van der Waals surface area contributed by atoms with Gasteiger partial charge in [-0.25, -0.2) is 0 Å². The van der Waals surface area contributed by atoms with Crippen LogP contribution >= 0.6 is 79.6 Å². The largest absolute Gasteiger partial charge is 0.494 e. The van der Waals surface area contributed by atoms with Crippen LogP contribution in [-0.2, 0) is 28.8 Å². The van der Waals surface area contributed by atoms with Gasteiger partial charge in [-0.3, -0.25) is 0 Å². The standard InChI is InChI=1S/C41H64B2O4.C36H24Br4N2.C12H15BrO2/c1-11-13-15-17-19-21-27-41(28-22-20-18-16-14-12-2)35-29-31(42-44-37(3,4)38(5,6)45-42)23-25-33(35)34-26-24-32(30-36(34)41)43-46-39(7,8)40(9,10)47-43;37-27-5-17-33(18-6-27)41(34-19-7-28(38)8-20-34)31-13-1-25(2-14-31)26-3-15-32(16-4-26)42(35-21-9-29(39)10-22-35)36-23-11-30(40)12-24-36;1-2-12(7-14-8-12)9-15-11-5-3-10(13)4-6-11/h23-26,29-30H,11-22,27-28H2,1-10H3;1-24H;3-6H,2,7-9H2,1H3. The van der Waals surface area contributed by atoms with E-state index in [4.69, 9.17) is 28.1 Å². The molecule has 0 unspecified atom stereocenters. The molecule has 3 saturated heterocycles. The number of anilines is 6. The summed E-state index contributed by atoms with van der Waals surface area (Å²) in [5, 5.41) is 0. The van der Waals surface area contributed by atoms with Crippen LogP contribution in [0.2, 0.25) is 0 Å². The van der Waals surface area contributed by atoms with Gasteiger partial charge >= 0.3 is 14.2 Å². The van der Waals surface area contributed by atoms with Gasteiger partial charge in [0.25, 0.3) is 0 Å². The predicted molar refractivity (Wildman–Crippen MR) is 455 cm³/mol. The van der Waals surface area contributed by atoms with Crippen molar-refractivity contribution in [2.75, 3.05) is 29.6 Å². The number of hydrogen-bond donors (Lipinski definition) is 0. The summed E-state index contributed by atoms with van der Waals surface area (Å²) in [6.07, 6.45) is 19.0. The van der Waals surface area contributed by atoms with Crippen LogP contribution in [0.1, 0.15) is 184 Å². The Hall–Kier alpha value is -5.29. The van der Waals surface area contributed by atoms with Gasteiger partial charge in [0.05, 0.1) is 47.6 Å². The van der Waals surface area contributed by atoms with Crippen molar-refractivity contribution in [2.24, 2.45) is 5.41 Å². The number of ether oxygens (including phenoxy) is 2. The third-order valence-corrected chi connectivity index (χ3v) is 24.9. The summed E-state index contributed by atoms with van der Waals surface area (Å²) < 4.78 is 42.7. The summed E-state index contributed by atoms with van der Waals surface area (Å²) in [5.74, 6) is 0.929. The summed E-state index contributed by atoms with van der Waals surface area (Å²) in [5.41, 5.74) is 15.6. The van der Waals surface area contributed by atoms with Gasteiger partial charge in [-0.05, 0) is 265 Å². The second-order valence-electron chi connectivity index (χ2n) is 30.7. The molecule has 9 aromatic carbocycles. The molecule has 13 rings (SSSR count). The second kappa shape index (κ2) is 35.4. The van der Waals surface area contributed by atoms with E-state index in [-0.39, 0.29) is 47.5 Å². The Bertz CT molecular complexity index is 3860. The van der Waals surface area contributed by atoms with E-state index in [0.717, 1.165) is 123 Å². The van der Waals surface area contributed by atoms with Crippen LogP contribution in [0.5, 0.6) is 5.75 Å². The number of benzene rings is 9. The summed E-state index contributed by atoms with van der Waals surface area (Å²) >= 11 is 17.7. The Morgan fingerprint density at radius 3 is 0.933 bits per heavy atom. The Kier molecular flexibility index (Phi) is 27.1. The highest BCUT2D eigenvalue weighted by Crippen LogP contribution is 2.55. The van der Waals surface area contributed by atoms with Gasteiger partial charge in [0.15, 0.2) is 0 Å². The summed E-state index contributed by atoms with van der Waals surface area (Å²) in [6, 6.07) is 73.2. The molecular weight excluding hydrogens is 1610 g/mol. The van der Waals surface area contributed by atoms with Gasteiger partial charge < -0.3 is 37.9 Å². The van der Waals surface area contributed by atoms with Crippen LogP contribution in [0.4, 0.5) is 34.1 Å². The molecule has 15 heteroatoms. The summed E-state index contributed by atoms with van der Waals surface area (Å²) in [4.78, 5) is 4.53. The van der Waals surface area contributed by atoms with Crippen molar-refractivity contribution < 1.29 is 28.1 Å². The van der Waals surface area contributed by atoms with Gasteiger partial charge in [-0.1, -0.05) is 238 Å². The Morgan fingerprint density at radius 1 is 0.356 bits per heavy atom. The lowest BCUT2D eigenvalue weighted by Crippen LogP contribution is -2.46. The second-order valence-corrected chi connectivity index (χ2v) is 35.2. The van der Waals surface area contributed by atoms with Gasteiger partial charge in [0.1, 0.15) is 5.75 Å². The first-order valence-corrected chi connectivity index (χ1v) is 41.6. The minimum atomic E-state index is -0.370. The third-order valence-electron chi connectivity index (χ3n) is 22.2. The fraction of sp³-hybridized carbons (Fsp3) is 0.393. The predicted octanol–water partition coefficient (Wildman–Crippen LogP) is 26.7. The third kappa shape index (κ3) is 19.0. The first-order chi connectivity index (χ1) is 49.9. The van der Waals surface area contributed by atoms with Crippen LogP contribution in [0.25, 0.3) is 22.3 Å². The molecule has 0 N–H and O–H groups in total. The molecule has 0 atom stereocenters. The highest BCUT2D eigenvalue weighted by atomic mass is 79.9. The van der Waals surface area contributed by atoms with Crippen LogP contribution in [-0.4, -0.2) is 56.5 Å². The number of nitrogens with zero attached hydrogens (tertiary/aromatic N) is 2. The molecule has 3 heterocycles. The molecule has 4 aliphatic rings. The Balaban J connectivity index is 0.000000174. The molecule has 3 fully saturated rings. The van der Waals surface area contributed by atoms with E-state index in [1.807, 2.05) is 24.3 Å². The summed E-state index contributed by atoms with van der Waals surface area (Å²) in [7, 11) is -0.731. The molecule has 546 valence electrons. The van der Waals surface area contributed by atoms with Crippen LogP contribution in [0.3, 0.4) is 0 Å². The zero-order valence-electron chi connectivity index (χ0n) is 62.7. The van der Waals surface area contributed by atoms with Gasteiger partial charge in [0.2, 0.25) is 0 Å². The lowest BCUT2D eigenvalue weighted by atomic mass is 9.67. The number of hydrogen-bond acceptors (Lipinski definition) is 8. The van der Waals surface area contributed by atoms with Crippen molar-refractivity contribution in [3.63, 3.8) is 0 Å². The molecule has 0 radical (unpaired) electrons. The Labute approximate surface area is 664 Å². The number of fused-ring (bicyclic) bond motifs is 3. The SMILES string of the molecule is Brc1ccc(N(c2ccc(Br)cc2)c2ccc(-c3ccc(N(c4ccc(Br)cc4)c4ccc(Br)cc4)cc3)cc2)cc1.CCC1(COc2ccc(Br)cc2)COC1.CCCCCCCCC1(CCCCCCCC)c2cc(B3OC(C)(C)C(C)(C)O3)ccc2-c2ccc(B3OC(C)(C)C(C)(C)O3)cc21. The molecule has 104 heavy (non-hydrogen) atoms. The van der Waals surface area contributed by atoms with Crippen LogP contribution in [0, 0.1) is 5.41 Å². The van der Waals surface area contributed by atoms with Crippen molar-refractivity contribution in [1.82, 2.24) is 0 Å². The van der Waals surface area contributed by atoms with Crippen molar-refractivity contribution in [1.29, 1.82) is 0 Å². The minimum Gasteiger partial charge on any atom is -0.493 e. The molecule has 9 aromatic rings. The first-order valence-electron chi connectivity index (χ1n) is 37.7. The maximum Gasteiger partial charge on any atom is 0.494 e. The van der Waals surface area contributed by atoms with E-state index >= 15 is 0 Å². The molecule has 8 nitrogen and oxygen atoms in total. The van der Waals surface area contributed by atoms with E-state index in [9.17, 15) is 0 Å². The molecule has 1 aliphatic carbocycles. The fourth-order valence-electron chi connectivity index (χ4n) is 14.3. The van der Waals surface area contributed by atoms with Crippen LogP contribution in [0.15, 0.2) is 229 Å². The molecular formula is C89H103B2Br5N2O6. The number of unbranched alkanes of at least 4 members (excludes halogenated alkanes) is 10. The fourth-order valence-corrected chi connectivity index (χ4v) is 15.6. The van der Waals surface area contributed by atoms with Gasteiger partial charge in [-0.2, -0.15) is 0 Å². The molecule has 0 bridgehead atoms. The molecule has 0 spiro atoms. The summed E-state index contributed by atoms with van der Waals surface area (Å²) in [6.45, 7) is 26.4. The minimum absolute atomic E-state index is 0.0561. The van der Waals surface area contributed by atoms with Crippen molar-refractivity contribution >= 4 is 139 Å². The molecule has 3 aliphatic heterocycles. The highest BCUT2D eigenvalue weighted by molar-refractivity contribution is 9.11. The number of halogens is 5. The number of rotatable bonds is 27. The average Bonchev–Trinajstić information content (AvgIpc) is 1.55. The molecule has 0 saturated carbocycles. The lowest BCUT2D eigenvalue weighted by molar-refractivity contribution is -0.133. The topological polar surface area (TPSA) is 61.9 Å². The lowest BCUT2D eigenvalue weighted by Gasteiger charge is -2.40. The first kappa shape index (κ1) is 79.7. The van der Waals surface area contributed by atoms with Crippen LogP contribution < -0.4 is 25.5 Å². The zero-order valence-corrected chi connectivity index (χ0v) is 70.7. The quantitative estimate of drug-likeness (QED) is 0.0373. The van der Waals surface area contributed by atoms with Crippen molar-refractivity contribution in [3.8, 4) is 28.0 Å². The Morgan fingerprint density at radius 2 is 0.644 bits per heavy atom. The van der Waals surface area contributed by atoms with E-state index < -0.39 is 0 Å². The van der Waals surface area contributed by atoms with E-state index in [2.05, 4.69) is 348 Å². The van der Waals surface area contributed by atoms with Gasteiger partial charge in [0, 0.05) is 61.9 Å². The van der Waals surface area contributed by atoms with Gasteiger partial charge in [-0.15, -0.1) is 0 Å². The van der Waals surface area contributed by atoms with E-state index in [0.29, 0.717) is 0 Å². The smallest absolute Gasteiger partial charge is 0.493 e. The normalized spacial score (nSPS) is 16.7. The van der Waals surface area contributed by atoms with Crippen molar-refractivity contribution in [2.45, 2.75) is 200 Å². The monoisotopic (exact) mass is 1710 g/mol. The average molecular weight is 1720 g/mol.